The van der Waals surface area contributed by atoms with Gasteiger partial charge in [-0.15, -0.1) is 0 Å². The number of amides is 1. The van der Waals surface area contributed by atoms with Gasteiger partial charge in [-0.3, -0.25) is 4.79 Å². The Morgan fingerprint density at radius 3 is 2.68 bits per heavy atom. The molecule has 118 valence electrons. The summed E-state index contributed by atoms with van der Waals surface area (Å²) >= 11 is 6.02. The van der Waals surface area contributed by atoms with E-state index in [4.69, 9.17) is 11.6 Å². The van der Waals surface area contributed by atoms with Crippen molar-refractivity contribution < 1.29 is 14.7 Å². The highest BCUT2D eigenvalue weighted by Crippen LogP contribution is 2.40. The van der Waals surface area contributed by atoms with E-state index in [9.17, 15) is 14.7 Å². The smallest absolute Gasteiger partial charge is 0.326 e. The molecule has 3 atom stereocenters. The molecule has 1 amide bonds. The number of benzene rings is 1. The number of carbonyl (C=O) groups excluding carboxylic acids is 1. The van der Waals surface area contributed by atoms with Gasteiger partial charge in [-0.05, 0) is 55.9 Å². The number of carboxylic acids is 1. The van der Waals surface area contributed by atoms with Crippen molar-refractivity contribution in [3.8, 4) is 0 Å². The molecular weight excluding hydrogens is 302 g/mol. The lowest BCUT2D eigenvalue weighted by Crippen LogP contribution is -2.46. The molecule has 1 aromatic carbocycles. The number of aliphatic carboxylic acids is 1. The summed E-state index contributed by atoms with van der Waals surface area (Å²) in [4.78, 5) is 26.1. The van der Waals surface area contributed by atoms with Gasteiger partial charge in [0.15, 0.2) is 0 Å². The van der Waals surface area contributed by atoms with Gasteiger partial charge in [-0.25, -0.2) is 4.79 Å². The molecule has 0 spiro atoms. The van der Waals surface area contributed by atoms with Gasteiger partial charge < -0.3 is 10.0 Å². The van der Waals surface area contributed by atoms with Gasteiger partial charge >= 0.3 is 5.97 Å². The molecule has 2 aliphatic rings. The average molecular weight is 322 g/mol. The summed E-state index contributed by atoms with van der Waals surface area (Å²) in [6.07, 6.45) is 4.72. The molecule has 1 saturated carbocycles. The highest BCUT2D eigenvalue weighted by atomic mass is 35.5. The summed E-state index contributed by atoms with van der Waals surface area (Å²) in [5.74, 6) is -0.748. The molecule has 22 heavy (non-hydrogen) atoms. The summed E-state index contributed by atoms with van der Waals surface area (Å²) in [6.45, 7) is 1.85. The molecule has 1 aliphatic heterocycles. The van der Waals surface area contributed by atoms with Crippen molar-refractivity contribution in [2.75, 3.05) is 0 Å². The molecule has 1 heterocycles. The van der Waals surface area contributed by atoms with Crippen LogP contribution in [0.25, 0.3) is 0 Å². The van der Waals surface area contributed by atoms with Crippen molar-refractivity contribution in [1.29, 1.82) is 0 Å². The Kier molecular flexibility index (Phi) is 4.13. The minimum atomic E-state index is -0.895. The molecule has 0 bridgehead atoms. The molecule has 3 unspecified atom stereocenters. The fourth-order valence-corrected chi connectivity index (χ4v) is 4.02. The van der Waals surface area contributed by atoms with E-state index in [1.165, 1.54) is 0 Å². The molecule has 1 saturated heterocycles. The molecule has 3 rings (SSSR count). The van der Waals surface area contributed by atoms with Gasteiger partial charge in [-0.2, -0.15) is 0 Å². The number of rotatable bonds is 2. The fourth-order valence-electron chi connectivity index (χ4n) is 3.90. The number of halogens is 1. The Bertz CT molecular complexity index is 616. The number of likely N-dealkylation sites (tertiary alicyclic amines) is 1. The molecule has 0 radical (unpaired) electrons. The van der Waals surface area contributed by atoms with E-state index < -0.39 is 12.0 Å². The molecule has 2 fully saturated rings. The lowest BCUT2D eigenvalue weighted by Gasteiger charge is -2.33. The summed E-state index contributed by atoms with van der Waals surface area (Å²) < 4.78 is 0. The highest BCUT2D eigenvalue weighted by molar-refractivity contribution is 6.31. The zero-order valence-electron chi connectivity index (χ0n) is 12.6. The van der Waals surface area contributed by atoms with Crippen LogP contribution in [0.5, 0.6) is 0 Å². The van der Waals surface area contributed by atoms with Crippen molar-refractivity contribution in [2.45, 2.75) is 51.1 Å². The van der Waals surface area contributed by atoms with Gasteiger partial charge in [0.1, 0.15) is 6.04 Å². The SMILES string of the molecule is Cc1cc(C(=O)N2C(C(=O)O)CC3CCCCC32)ccc1Cl. The molecule has 0 aromatic heterocycles. The molecule has 5 heteroatoms. The number of carboxylic acid groups (broad SMARTS) is 1. The van der Waals surface area contributed by atoms with Crippen LogP contribution in [0.3, 0.4) is 0 Å². The van der Waals surface area contributed by atoms with Crippen molar-refractivity contribution in [2.24, 2.45) is 5.92 Å². The lowest BCUT2D eigenvalue weighted by molar-refractivity contribution is -0.141. The topological polar surface area (TPSA) is 57.6 Å². The summed E-state index contributed by atoms with van der Waals surface area (Å²) in [5.41, 5.74) is 1.36. The van der Waals surface area contributed by atoms with Gasteiger partial charge in [0.25, 0.3) is 5.91 Å². The van der Waals surface area contributed by atoms with Gasteiger partial charge in [-0.1, -0.05) is 24.4 Å². The standard InChI is InChI=1S/C17H20ClNO3/c1-10-8-12(6-7-13(10)18)16(20)19-14-5-3-2-4-11(14)9-15(19)17(21)22/h6-8,11,14-15H,2-5,9H2,1H3,(H,21,22). The Labute approximate surface area is 135 Å². The van der Waals surface area contributed by atoms with Gasteiger partial charge in [0.2, 0.25) is 0 Å². The normalized spacial score (nSPS) is 27.5. The quantitative estimate of drug-likeness (QED) is 0.907. The first kappa shape index (κ1) is 15.3. The molecule has 1 N–H and O–H groups in total. The van der Waals surface area contributed by atoms with Crippen molar-refractivity contribution in [1.82, 2.24) is 4.90 Å². The summed E-state index contributed by atoms with van der Waals surface area (Å²) in [7, 11) is 0. The van der Waals surface area contributed by atoms with Crippen LogP contribution in [-0.2, 0) is 4.79 Å². The number of fused-ring (bicyclic) bond motifs is 1. The minimum Gasteiger partial charge on any atom is -0.480 e. The predicted octanol–water partition coefficient (Wildman–Crippen LogP) is 3.51. The Morgan fingerprint density at radius 1 is 1.27 bits per heavy atom. The van der Waals surface area contributed by atoms with Crippen LogP contribution in [0.15, 0.2) is 18.2 Å². The van der Waals surface area contributed by atoms with Crippen LogP contribution in [-0.4, -0.2) is 34.0 Å². The second kappa shape index (κ2) is 5.92. The second-order valence-corrected chi connectivity index (χ2v) is 6.79. The monoisotopic (exact) mass is 321 g/mol. The summed E-state index contributed by atoms with van der Waals surface area (Å²) in [6, 6.07) is 4.51. The second-order valence-electron chi connectivity index (χ2n) is 6.38. The zero-order valence-corrected chi connectivity index (χ0v) is 13.3. The molecule has 1 aromatic rings. The third kappa shape index (κ3) is 2.60. The van der Waals surface area contributed by atoms with E-state index in [1.807, 2.05) is 6.92 Å². The first-order valence-corrected chi connectivity index (χ1v) is 8.18. The Balaban J connectivity index is 1.93. The Hall–Kier alpha value is -1.55. The van der Waals surface area contributed by atoms with Crippen LogP contribution in [0.1, 0.15) is 48.0 Å². The van der Waals surface area contributed by atoms with Crippen LogP contribution in [0.4, 0.5) is 0 Å². The number of carbonyl (C=O) groups is 2. The maximum Gasteiger partial charge on any atom is 0.326 e. The maximum absolute atomic E-state index is 12.9. The van der Waals surface area contributed by atoms with Gasteiger partial charge in [0, 0.05) is 16.6 Å². The average Bonchev–Trinajstić information content (AvgIpc) is 2.89. The number of hydrogen-bond acceptors (Lipinski definition) is 2. The van der Waals surface area contributed by atoms with Crippen molar-refractivity contribution in [3.05, 3.63) is 34.3 Å². The lowest BCUT2D eigenvalue weighted by atomic mass is 9.84. The highest BCUT2D eigenvalue weighted by Gasteiger charge is 2.47. The van der Waals surface area contributed by atoms with Crippen molar-refractivity contribution in [3.63, 3.8) is 0 Å². The third-order valence-electron chi connectivity index (χ3n) is 5.01. The maximum atomic E-state index is 12.9. The van der Waals surface area contributed by atoms with E-state index in [1.54, 1.807) is 23.1 Å². The van der Waals surface area contributed by atoms with E-state index in [2.05, 4.69) is 0 Å². The van der Waals surface area contributed by atoms with E-state index in [0.717, 1.165) is 31.2 Å². The predicted molar refractivity (Wildman–Crippen MR) is 84.1 cm³/mol. The Morgan fingerprint density at radius 2 is 2.00 bits per heavy atom. The van der Waals surface area contributed by atoms with Crippen LogP contribution < -0.4 is 0 Å². The zero-order chi connectivity index (χ0) is 15.9. The van der Waals surface area contributed by atoms with Crippen LogP contribution in [0.2, 0.25) is 5.02 Å². The van der Waals surface area contributed by atoms with Gasteiger partial charge in [0.05, 0.1) is 0 Å². The number of aryl methyl sites for hydroxylation is 1. The first-order chi connectivity index (χ1) is 10.5. The molecular formula is C17H20ClNO3. The number of hydrogen-bond donors (Lipinski definition) is 1. The third-order valence-corrected chi connectivity index (χ3v) is 5.44. The number of nitrogens with zero attached hydrogens (tertiary/aromatic N) is 1. The molecule has 4 nitrogen and oxygen atoms in total. The van der Waals surface area contributed by atoms with Crippen LogP contribution >= 0.6 is 11.6 Å². The van der Waals surface area contributed by atoms with E-state index in [-0.39, 0.29) is 11.9 Å². The minimum absolute atomic E-state index is 0.0679. The van der Waals surface area contributed by atoms with Crippen LogP contribution in [0, 0.1) is 12.8 Å². The summed E-state index contributed by atoms with van der Waals surface area (Å²) in [5, 5.41) is 10.1. The molecule has 1 aliphatic carbocycles. The fraction of sp³-hybridized carbons (Fsp3) is 0.529. The van der Waals surface area contributed by atoms with E-state index in [0.29, 0.717) is 22.9 Å². The van der Waals surface area contributed by atoms with Crippen molar-refractivity contribution >= 4 is 23.5 Å². The first-order valence-electron chi connectivity index (χ1n) is 7.80. The largest absolute Gasteiger partial charge is 0.480 e. The van der Waals surface area contributed by atoms with E-state index >= 15 is 0 Å².